The van der Waals surface area contributed by atoms with Gasteiger partial charge in [-0.3, -0.25) is 4.79 Å². The van der Waals surface area contributed by atoms with Gasteiger partial charge in [0.25, 0.3) is 0 Å². The first-order valence-corrected chi connectivity index (χ1v) is 9.61. The maximum atomic E-state index is 12.2. The Balaban J connectivity index is 1.74. The minimum atomic E-state index is -0.409. The Bertz CT molecular complexity index is 948. The van der Waals surface area contributed by atoms with Gasteiger partial charge in [-0.05, 0) is 66.3 Å². The number of rotatable bonds is 7. The summed E-state index contributed by atoms with van der Waals surface area (Å²) in [6.07, 6.45) is 1.56. The summed E-state index contributed by atoms with van der Waals surface area (Å²) in [6.45, 7) is 4.92. The Morgan fingerprint density at radius 3 is 2.70 bits per heavy atom. The average molecular weight is 478 g/mol. The van der Waals surface area contributed by atoms with Crippen LogP contribution in [0.4, 0.5) is 0 Å². The van der Waals surface area contributed by atoms with Crippen LogP contribution in [0.15, 0.2) is 52.0 Å². The second kappa shape index (κ2) is 8.90. The van der Waals surface area contributed by atoms with Crippen molar-refractivity contribution in [2.45, 2.75) is 13.8 Å². The van der Waals surface area contributed by atoms with Crippen LogP contribution < -0.4 is 14.9 Å². The fourth-order valence-corrected chi connectivity index (χ4v) is 3.31. The minimum absolute atomic E-state index is 0.213. The molecule has 1 amide bonds. The van der Waals surface area contributed by atoms with E-state index in [0.717, 1.165) is 14.5 Å². The first-order valence-electron chi connectivity index (χ1n) is 8.53. The Morgan fingerprint density at radius 1 is 1.19 bits per heavy atom. The molecule has 3 rings (SSSR count). The molecule has 7 heteroatoms. The third-order valence-electron chi connectivity index (χ3n) is 3.65. The van der Waals surface area contributed by atoms with Gasteiger partial charge in [0.2, 0.25) is 0 Å². The van der Waals surface area contributed by atoms with Crippen LogP contribution in [-0.2, 0) is 0 Å². The number of halogens is 1. The Hall–Kier alpha value is -2.55. The van der Waals surface area contributed by atoms with Crippen LogP contribution in [0, 0.1) is 3.57 Å². The van der Waals surface area contributed by atoms with Gasteiger partial charge >= 0.3 is 5.91 Å². The predicted octanol–water partition coefficient (Wildman–Crippen LogP) is 4.60. The fourth-order valence-electron chi connectivity index (χ4n) is 2.52. The van der Waals surface area contributed by atoms with Gasteiger partial charge in [-0.25, -0.2) is 5.43 Å². The van der Waals surface area contributed by atoms with E-state index in [0.29, 0.717) is 30.3 Å². The molecule has 0 fully saturated rings. The third kappa shape index (κ3) is 4.60. The molecule has 0 unspecified atom stereocenters. The number of nitrogens with one attached hydrogen (secondary N) is 1. The number of nitrogens with zero attached hydrogens (tertiary/aromatic N) is 1. The van der Waals surface area contributed by atoms with E-state index in [9.17, 15) is 4.79 Å². The number of amides is 1. The molecule has 0 aliphatic heterocycles. The standard InChI is InChI=1S/C20H19IN2O4/c1-3-25-17-10-13(9-15(21)19(17)26-4-2)12-22-23-20(24)18-11-14-7-5-6-8-16(14)27-18/h5-12H,3-4H2,1-2H3,(H,23,24)/b22-12+. The molecule has 1 heterocycles. The lowest BCUT2D eigenvalue weighted by Crippen LogP contribution is -2.16. The highest BCUT2D eigenvalue weighted by Gasteiger charge is 2.12. The van der Waals surface area contributed by atoms with Crippen LogP contribution in [0.5, 0.6) is 11.5 Å². The van der Waals surface area contributed by atoms with Gasteiger partial charge in [-0.2, -0.15) is 5.10 Å². The fraction of sp³-hybridized carbons (Fsp3) is 0.200. The number of hydrazone groups is 1. The van der Waals surface area contributed by atoms with Crippen molar-refractivity contribution in [2.24, 2.45) is 5.10 Å². The van der Waals surface area contributed by atoms with Crippen LogP contribution >= 0.6 is 22.6 Å². The van der Waals surface area contributed by atoms with Gasteiger partial charge < -0.3 is 13.9 Å². The summed E-state index contributed by atoms with van der Waals surface area (Å²) in [5.74, 6) is 1.16. The summed E-state index contributed by atoms with van der Waals surface area (Å²) in [6, 6.07) is 12.9. The van der Waals surface area contributed by atoms with E-state index in [1.54, 1.807) is 12.3 Å². The molecule has 6 nitrogen and oxygen atoms in total. The molecule has 0 saturated heterocycles. The number of hydrogen-bond donors (Lipinski definition) is 1. The average Bonchev–Trinajstić information content (AvgIpc) is 3.09. The van der Waals surface area contributed by atoms with Crippen molar-refractivity contribution in [2.75, 3.05) is 13.2 Å². The molecule has 27 heavy (non-hydrogen) atoms. The van der Waals surface area contributed by atoms with Crippen LogP contribution in [0.25, 0.3) is 11.0 Å². The highest BCUT2D eigenvalue weighted by Crippen LogP contribution is 2.33. The number of ether oxygens (including phenoxy) is 2. The van der Waals surface area contributed by atoms with E-state index in [1.807, 2.05) is 50.2 Å². The molecule has 0 radical (unpaired) electrons. The number of benzene rings is 2. The Kier molecular flexibility index (Phi) is 6.33. The molecular weight excluding hydrogens is 459 g/mol. The molecular formula is C20H19IN2O4. The molecule has 0 bridgehead atoms. The van der Waals surface area contributed by atoms with Crippen LogP contribution in [-0.4, -0.2) is 25.3 Å². The number of furan rings is 1. The van der Waals surface area contributed by atoms with E-state index >= 15 is 0 Å². The lowest BCUT2D eigenvalue weighted by Gasteiger charge is -2.13. The quantitative estimate of drug-likeness (QED) is 0.306. The molecule has 0 saturated carbocycles. The zero-order chi connectivity index (χ0) is 19.2. The SMILES string of the molecule is CCOc1cc(/C=N/NC(=O)c2cc3ccccc3o2)cc(I)c1OCC. The van der Waals surface area contributed by atoms with Crippen molar-refractivity contribution in [1.29, 1.82) is 0 Å². The van der Waals surface area contributed by atoms with Crippen molar-refractivity contribution in [3.8, 4) is 11.5 Å². The molecule has 1 N–H and O–H groups in total. The van der Waals surface area contributed by atoms with Gasteiger partial charge in [0.1, 0.15) is 5.58 Å². The molecule has 0 aliphatic carbocycles. The predicted molar refractivity (Wildman–Crippen MR) is 113 cm³/mol. The van der Waals surface area contributed by atoms with E-state index in [-0.39, 0.29) is 5.76 Å². The number of para-hydroxylation sites is 1. The summed E-state index contributed by atoms with van der Waals surface area (Å²) >= 11 is 2.19. The first-order chi connectivity index (χ1) is 13.1. The number of carbonyl (C=O) groups is 1. The van der Waals surface area contributed by atoms with Crippen molar-refractivity contribution < 1.29 is 18.7 Å². The molecule has 0 atom stereocenters. The van der Waals surface area contributed by atoms with E-state index in [2.05, 4.69) is 33.1 Å². The van der Waals surface area contributed by atoms with Crippen LogP contribution in [0.1, 0.15) is 30.0 Å². The van der Waals surface area contributed by atoms with Crippen molar-refractivity contribution >= 4 is 45.7 Å². The zero-order valence-corrected chi connectivity index (χ0v) is 17.1. The molecule has 2 aromatic carbocycles. The van der Waals surface area contributed by atoms with Crippen molar-refractivity contribution in [3.05, 3.63) is 57.4 Å². The lowest BCUT2D eigenvalue weighted by atomic mass is 10.2. The molecule has 0 spiro atoms. The second-order valence-electron chi connectivity index (χ2n) is 5.54. The van der Waals surface area contributed by atoms with Gasteiger partial charge in [-0.1, -0.05) is 18.2 Å². The van der Waals surface area contributed by atoms with E-state index in [4.69, 9.17) is 13.9 Å². The first kappa shape index (κ1) is 19.2. The number of hydrogen-bond acceptors (Lipinski definition) is 5. The summed E-state index contributed by atoms with van der Waals surface area (Å²) in [7, 11) is 0. The highest BCUT2D eigenvalue weighted by molar-refractivity contribution is 14.1. The summed E-state index contributed by atoms with van der Waals surface area (Å²) in [4.78, 5) is 12.2. The van der Waals surface area contributed by atoms with E-state index in [1.165, 1.54) is 0 Å². The maximum Gasteiger partial charge on any atom is 0.307 e. The molecule has 140 valence electrons. The topological polar surface area (TPSA) is 73.1 Å². The van der Waals surface area contributed by atoms with Crippen molar-refractivity contribution in [3.63, 3.8) is 0 Å². The van der Waals surface area contributed by atoms with Gasteiger partial charge in [0.05, 0.1) is 23.0 Å². The summed E-state index contributed by atoms with van der Waals surface area (Å²) < 4.78 is 17.7. The Morgan fingerprint density at radius 2 is 1.96 bits per heavy atom. The Labute approximate surface area is 170 Å². The minimum Gasteiger partial charge on any atom is -0.490 e. The third-order valence-corrected chi connectivity index (χ3v) is 4.45. The zero-order valence-electron chi connectivity index (χ0n) is 15.0. The smallest absolute Gasteiger partial charge is 0.307 e. The lowest BCUT2D eigenvalue weighted by molar-refractivity contribution is 0.0929. The number of fused-ring (bicyclic) bond motifs is 1. The molecule has 3 aromatic rings. The highest BCUT2D eigenvalue weighted by atomic mass is 127. The summed E-state index contributed by atoms with van der Waals surface area (Å²) in [5.41, 5.74) is 3.93. The molecule has 0 aliphatic rings. The van der Waals surface area contributed by atoms with E-state index < -0.39 is 5.91 Å². The van der Waals surface area contributed by atoms with Gasteiger partial charge in [0.15, 0.2) is 17.3 Å². The normalized spacial score (nSPS) is 11.1. The maximum absolute atomic E-state index is 12.2. The van der Waals surface area contributed by atoms with Gasteiger partial charge in [0, 0.05) is 5.39 Å². The number of carbonyl (C=O) groups excluding carboxylic acids is 1. The second-order valence-corrected chi connectivity index (χ2v) is 6.71. The monoisotopic (exact) mass is 478 g/mol. The summed E-state index contributed by atoms with van der Waals surface area (Å²) in [5, 5.41) is 4.89. The van der Waals surface area contributed by atoms with Gasteiger partial charge in [-0.15, -0.1) is 0 Å². The largest absolute Gasteiger partial charge is 0.490 e. The van der Waals surface area contributed by atoms with Crippen molar-refractivity contribution in [1.82, 2.24) is 5.43 Å². The van der Waals surface area contributed by atoms with Crippen LogP contribution in [0.3, 0.4) is 0 Å². The van der Waals surface area contributed by atoms with Crippen LogP contribution in [0.2, 0.25) is 0 Å². The molecule has 1 aromatic heterocycles.